The average molecular weight is 315 g/mol. The summed E-state index contributed by atoms with van der Waals surface area (Å²) in [6.45, 7) is 1.78. The molecular formula is C16H15ClN4O. The Morgan fingerprint density at radius 1 is 1.41 bits per heavy atom. The molecule has 0 unspecified atom stereocenters. The van der Waals surface area contributed by atoms with E-state index < -0.39 is 0 Å². The van der Waals surface area contributed by atoms with Crippen LogP contribution in [0.25, 0.3) is 0 Å². The number of amides is 1. The highest BCUT2D eigenvalue weighted by atomic mass is 35.5. The van der Waals surface area contributed by atoms with Gasteiger partial charge < -0.3 is 10.2 Å². The van der Waals surface area contributed by atoms with E-state index in [4.69, 9.17) is 16.9 Å². The molecule has 0 aliphatic rings. The Morgan fingerprint density at radius 2 is 2.09 bits per heavy atom. The lowest BCUT2D eigenvalue weighted by atomic mass is 10.2. The van der Waals surface area contributed by atoms with Crippen LogP contribution in [-0.2, 0) is 4.79 Å². The van der Waals surface area contributed by atoms with Crippen LogP contribution >= 0.6 is 11.6 Å². The van der Waals surface area contributed by atoms with Crippen molar-refractivity contribution in [2.75, 3.05) is 23.8 Å². The predicted molar refractivity (Wildman–Crippen MR) is 87.0 cm³/mol. The van der Waals surface area contributed by atoms with Gasteiger partial charge in [0.25, 0.3) is 0 Å². The molecule has 0 radical (unpaired) electrons. The van der Waals surface area contributed by atoms with Gasteiger partial charge in [0.15, 0.2) is 0 Å². The van der Waals surface area contributed by atoms with Crippen LogP contribution in [0.1, 0.15) is 11.3 Å². The smallest absolute Gasteiger partial charge is 0.246 e. The maximum absolute atomic E-state index is 12.2. The molecule has 0 fully saturated rings. The van der Waals surface area contributed by atoms with Gasteiger partial charge in [-0.25, -0.2) is 4.98 Å². The first-order valence-electron chi connectivity index (χ1n) is 6.65. The molecule has 1 N–H and O–H groups in total. The van der Waals surface area contributed by atoms with Gasteiger partial charge in [-0.05, 0) is 25.1 Å². The van der Waals surface area contributed by atoms with E-state index in [2.05, 4.69) is 10.3 Å². The van der Waals surface area contributed by atoms with Crippen molar-refractivity contribution in [1.29, 1.82) is 5.26 Å². The van der Waals surface area contributed by atoms with Crippen molar-refractivity contribution in [1.82, 2.24) is 4.98 Å². The predicted octanol–water partition coefficient (Wildman–Crippen LogP) is 2.99. The SMILES string of the molecule is Cc1nc(NCC(=O)N(C)c2ccccc2)c(C#N)cc1Cl. The van der Waals surface area contributed by atoms with Gasteiger partial charge in [0.2, 0.25) is 5.91 Å². The number of carbonyl (C=O) groups excluding carboxylic acids is 1. The van der Waals surface area contributed by atoms with Crippen LogP contribution in [0, 0.1) is 18.3 Å². The zero-order valence-corrected chi connectivity index (χ0v) is 13.1. The molecule has 0 saturated heterocycles. The number of nitrogens with one attached hydrogen (secondary N) is 1. The van der Waals surface area contributed by atoms with Gasteiger partial charge in [-0.1, -0.05) is 29.8 Å². The van der Waals surface area contributed by atoms with E-state index in [0.717, 1.165) is 5.69 Å². The summed E-state index contributed by atoms with van der Waals surface area (Å²) in [7, 11) is 1.70. The van der Waals surface area contributed by atoms with Crippen LogP contribution in [0.5, 0.6) is 0 Å². The number of nitriles is 1. The zero-order chi connectivity index (χ0) is 16.1. The summed E-state index contributed by atoms with van der Waals surface area (Å²) in [5, 5.41) is 12.4. The van der Waals surface area contributed by atoms with E-state index in [9.17, 15) is 4.79 Å². The van der Waals surface area contributed by atoms with E-state index >= 15 is 0 Å². The van der Waals surface area contributed by atoms with Crippen LogP contribution in [0.3, 0.4) is 0 Å². The van der Waals surface area contributed by atoms with Crippen molar-refractivity contribution in [3.8, 4) is 6.07 Å². The van der Waals surface area contributed by atoms with Crippen molar-refractivity contribution >= 4 is 29.0 Å². The molecule has 0 spiro atoms. The molecule has 5 nitrogen and oxygen atoms in total. The Hall–Kier alpha value is -2.58. The minimum atomic E-state index is -0.135. The Kier molecular flexibility index (Phi) is 4.97. The molecule has 112 valence electrons. The minimum Gasteiger partial charge on any atom is -0.360 e. The van der Waals surface area contributed by atoms with Gasteiger partial charge in [0.1, 0.15) is 11.9 Å². The highest BCUT2D eigenvalue weighted by molar-refractivity contribution is 6.31. The van der Waals surface area contributed by atoms with Crippen LogP contribution in [0.2, 0.25) is 5.02 Å². The number of nitrogens with zero attached hydrogens (tertiary/aromatic N) is 3. The molecule has 22 heavy (non-hydrogen) atoms. The number of benzene rings is 1. The topological polar surface area (TPSA) is 69.0 Å². The fraction of sp³-hybridized carbons (Fsp3) is 0.188. The standard InChI is InChI=1S/C16H15ClN4O/c1-11-14(17)8-12(9-18)16(20-11)19-10-15(22)21(2)13-6-4-3-5-7-13/h3-8H,10H2,1-2H3,(H,19,20). The van der Waals surface area contributed by atoms with Crippen LogP contribution in [-0.4, -0.2) is 24.5 Å². The number of carbonyl (C=O) groups is 1. The van der Waals surface area contributed by atoms with Gasteiger partial charge in [0, 0.05) is 12.7 Å². The number of halogens is 1. The van der Waals surface area contributed by atoms with E-state index in [0.29, 0.717) is 22.1 Å². The second kappa shape index (κ2) is 6.92. The number of pyridine rings is 1. The van der Waals surface area contributed by atoms with E-state index in [1.54, 1.807) is 18.9 Å². The van der Waals surface area contributed by atoms with Gasteiger partial charge in [-0.2, -0.15) is 5.26 Å². The van der Waals surface area contributed by atoms with Crippen LogP contribution in [0.4, 0.5) is 11.5 Å². The molecule has 1 heterocycles. The normalized spacial score (nSPS) is 9.91. The summed E-state index contributed by atoms with van der Waals surface area (Å²) in [4.78, 5) is 17.9. The molecule has 0 aliphatic heterocycles. The maximum Gasteiger partial charge on any atom is 0.246 e. The lowest BCUT2D eigenvalue weighted by molar-refractivity contribution is -0.116. The largest absolute Gasteiger partial charge is 0.360 e. The van der Waals surface area contributed by atoms with Crippen LogP contribution in [0.15, 0.2) is 36.4 Å². The molecule has 1 aromatic carbocycles. The summed E-state index contributed by atoms with van der Waals surface area (Å²) in [5.74, 6) is 0.226. The second-order valence-corrected chi connectivity index (χ2v) is 5.11. The van der Waals surface area contributed by atoms with Crippen LogP contribution < -0.4 is 10.2 Å². The summed E-state index contributed by atoms with van der Waals surface area (Å²) in [5.41, 5.74) is 1.72. The van der Waals surface area contributed by atoms with Gasteiger partial charge in [-0.3, -0.25) is 4.79 Å². The molecule has 0 aliphatic carbocycles. The lowest BCUT2D eigenvalue weighted by Crippen LogP contribution is -2.32. The van der Waals surface area contributed by atoms with Gasteiger partial charge in [0.05, 0.1) is 22.8 Å². The third-order valence-corrected chi connectivity index (χ3v) is 3.58. The zero-order valence-electron chi connectivity index (χ0n) is 12.3. The van der Waals surface area contributed by atoms with Crippen molar-refractivity contribution in [3.63, 3.8) is 0 Å². The summed E-state index contributed by atoms with van der Waals surface area (Å²) >= 11 is 5.94. The molecule has 6 heteroatoms. The third-order valence-electron chi connectivity index (χ3n) is 3.20. The molecule has 0 saturated carbocycles. The van der Waals surface area contributed by atoms with E-state index in [1.165, 1.54) is 6.07 Å². The number of para-hydroxylation sites is 1. The number of aromatic nitrogens is 1. The Labute approximate surface area is 134 Å². The maximum atomic E-state index is 12.2. The Bertz CT molecular complexity index is 725. The van der Waals surface area contributed by atoms with E-state index in [1.807, 2.05) is 36.4 Å². The number of rotatable bonds is 4. The fourth-order valence-corrected chi connectivity index (χ4v) is 2.03. The minimum absolute atomic E-state index is 0.0359. The quantitative estimate of drug-likeness (QED) is 0.942. The first-order chi connectivity index (χ1) is 10.5. The highest BCUT2D eigenvalue weighted by Gasteiger charge is 2.13. The lowest BCUT2D eigenvalue weighted by Gasteiger charge is -2.18. The molecule has 0 bridgehead atoms. The first kappa shape index (κ1) is 15.8. The van der Waals surface area contributed by atoms with E-state index in [-0.39, 0.29) is 12.5 Å². The Balaban J connectivity index is 2.09. The summed E-state index contributed by atoms with van der Waals surface area (Å²) < 4.78 is 0. The molecule has 1 amide bonds. The number of hydrogen-bond acceptors (Lipinski definition) is 4. The molecule has 2 rings (SSSR count). The summed E-state index contributed by atoms with van der Waals surface area (Å²) in [6, 6.07) is 12.9. The molecule has 1 aromatic heterocycles. The highest BCUT2D eigenvalue weighted by Crippen LogP contribution is 2.20. The average Bonchev–Trinajstić information content (AvgIpc) is 2.55. The molecular weight excluding hydrogens is 300 g/mol. The van der Waals surface area contributed by atoms with Gasteiger partial charge >= 0.3 is 0 Å². The van der Waals surface area contributed by atoms with Crippen molar-refractivity contribution in [3.05, 3.63) is 52.7 Å². The number of likely N-dealkylation sites (N-methyl/N-ethyl adjacent to an activating group) is 1. The number of hydrogen-bond donors (Lipinski definition) is 1. The fourth-order valence-electron chi connectivity index (χ4n) is 1.87. The second-order valence-electron chi connectivity index (χ2n) is 4.71. The van der Waals surface area contributed by atoms with Gasteiger partial charge in [-0.15, -0.1) is 0 Å². The number of aryl methyl sites for hydroxylation is 1. The van der Waals surface area contributed by atoms with Crippen molar-refractivity contribution < 1.29 is 4.79 Å². The van der Waals surface area contributed by atoms with Crippen molar-refractivity contribution in [2.45, 2.75) is 6.92 Å². The monoisotopic (exact) mass is 314 g/mol. The summed E-state index contributed by atoms with van der Waals surface area (Å²) in [6.07, 6.45) is 0. The first-order valence-corrected chi connectivity index (χ1v) is 7.03. The Morgan fingerprint density at radius 3 is 2.73 bits per heavy atom. The number of anilines is 2. The molecule has 0 atom stereocenters. The van der Waals surface area contributed by atoms with Crippen molar-refractivity contribution in [2.24, 2.45) is 0 Å². The third kappa shape index (κ3) is 3.54. The molecule has 2 aromatic rings.